The molecule has 0 aliphatic heterocycles. The first-order chi connectivity index (χ1) is 11.4. The first-order valence-corrected chi connectivity index (χ1v) is 8.04. The predicted molar refractivity (Wildman–Crippen MR) is 93.7 cm³/mol. The number of benzene rings is 1. The molecule has 2 aromatic rings. The van der Waals surface area contributed by atoms with Gasteiger partial charge in [0, 0.05) is 32.2 Å². The van der Waals surface area contributed by atoms with Crippen molar-refractivity contribution in [3.8, 4) is 6.01 Å². The van der Waals surface area contributed by atoms with Gasteiger partial charge in [-0.1, -0.05) is 34.9 Å². The van der Waals surface area contributed by atoms with Crippen LogP contribution in [0.25, 0.3) is 0 Å². The van der Waals surface area contributed by atoms with E-state index in [1.807, 2.05) is 45.3 Å². The predicted octanol–water partition coefficient (Wildman–Crippen LogP) is 2.64. The van der Waals surface area contributed by atoms with E-state index in [-0.39, 0.29) is 12.1 Å². The lowest BCUT2D eigenvalue weighted by atomic mass is 10.1. The third-order valence-corrected chi connectivity index (χ3v) is 3.93. The molecule has 130 valence electrons. The van der Waals surface area contributed by atoms with Crippen LogP contribution in [-0.4, -0.2) is 41.0 Å². The number of ether oxygens (including phenoxy) is 1. The largest absolute Gasteiger partial charge is 0.415 e. The molecule has 1 N–H and O–H groups in total. The summed E-state index contributed by atoms with van der Waals surface area (Å²) in [5.74, 6) is 0.601. The van der Waals surface area contributed by atoms with Gasteiger partial charge >= 0.3 is 12.1 Å². The number of aromatic nitrogens is 3. The molecule has 0 saturated heterocycles. The summed E-state index contributed by atoms with van der Waals surface area (Å²) >= 11 is 6.13. The molecule has 1 heterocycles. The minimum absolute atomic E-state index is 0.0599. The van der Waals surface area contributed by atoms with Gasteiger partial charge in [-0.05, 0) is 31.4 Å². The van der Waals surface area contributed by atoms with Crippen molar-refractivity contribution in [1.29, 1.82) is 0 Å². The summed E-state index contributed by atoms with van der Waals surface area (Å²) in [6, 6.07) is 7.78. The normalized spacial score (nSPS) is 11.9. The van der Waals surface area contributed by atoms with E-state index < -0.39 is 6.09 Å². The molecule has 0 saturated carbocycles. The molecule has 1 aromatic heterocycles. The molecule has 0 radical (unpaired) electrons. The fraction of sp³-hybridized carbons (Fsp3) is 0.438. The molecule has 0 fully saturated rings. The fourth-order valence-corrected chi connectivity index (χ4v) is 2.47. The van der Waals surface area contributed by atoms with Crippen LogP contribution < -0.4 is 15.0 Å². The molecule has 0 bridgehead atoms. The van der Waals surface area contributed by atoms with Crippen molar-refractivity contribution >= 4 is 23.6 Å². The topological polar surface area (TPSA) is 72.3 Å². The molecule has 2 rings (SSSR count). The number of halogens is 1. The Bertz CT molecular complexity index is 702. The number of hydrogen-bond donors (Lipinski definition) is 1. The van der Waals surface area contributed by atoms with Gasteiger partial charge in [0.15, 0.2) is 0 Å². The number of carbonyl (C=O) groups excluding carboxylic acids is 1. The van der Waals surface area contributed by atoms with E-state index >= 15 is 0 Å². The average molecular weight is 352 g/mol. The van der Waals surface area contributed by atoms with Crippen LogP contribution in [0.2, 0.25) is 5.02 Å². The van der Waals surface area contributed by atoms with Gasteiger partial charge in [-0.25, -0.2) is 4.79 Å². The Morgan fingerprint density at radius 2 is 2.08 bits per heavy atom. The summed E-state index contributed by atoms with van der Waals surface area (Å²) < 4.78 is 6.81. The maximum absolute atomic E-state index is 12.0. The Balaban J connectivity index is 1.85. The van der Waals surface area contributed by atoms with Crippen molar-refractivity contribution < 1.29 is 9.53 Å². The number of rotatable bonds is 6. The van der Waals surface area contributed by atoms with E-state index in [2.05, 4.69) is 15.5 Å². The highest BCUT2D eigenvalue weighted by Gasteiger charge is 2.16. The van der Waals surface area contributed by atoms with Crippen molar-refractivity contribution in [2.75, 3.05) is 19.0 Å². The second kappa shape index (κ2) is 8.01. The SMILES string of the molecule is CC(CCc1ccccc1Cl)NC(=O)Oc1nnc(N(C)C)n1C. The second-order valence-electron chi connectivity index (χ2n) is 5.80. The van der Waals surface area contributed by atoms with Crippen LogP contribution in [0.4, 0.5) is 10.7 Å². The first kappa shape index (κ1) is 18.1. The zero-order valence-electron chi connectivity index (χ0n) is 14.3. The Kier molecular flexibility index (Phi) is 6.03. The summed E-state index contributed by atoms with van der Waals surface area (Å²) in [5, 5.41) is 11.3. The average Bonchev–Trinajstić information content (AvgIpc) is 2.87. The van der Waals surface area contributed by atoms with E-state index in [0.29, 0.717) is 5.95 Å². The third-order valence-electron chi connectivity index (χ3n) is 3.56. The van der Waals surface area contributed by atoms with Crippen molar-refractivity contribution in [2.24, 2.45) is 7.05 Å². The number of anilines is 1. The molecule has 0 aliphatic carbocycles. The molecule has 1 unspecified atom stereocenters. The lowest BCUT2D eigenvalue weighted by molar-refractivity contribution is 0.190. The van der Waals surface area contributed by atoms with Crippen LogP contribution in [-0.2, 0) is 13.5 Å². The number of nitrogens with one attached hydrogen (secondary N) is 1. The summed E-state index contributed by atoms with van der Waals surface area (Å²) in [6.07, 6.45) is 0.971. The van der Waals surface area contributed by atoms with Gasteiger partial charge in [0.05, 0.1) is 0 Å². The lowest BCUT2D eigenvalue weighted by Gasteiger charge is -2.14. The summed E-state index contributed by atoms with van der Waals surface area (Å²) in [7, 11) is 5.41. The standard InChI is InChI=1S/C16H22ClN5O2/c1-11(9-10-12-7-5-6-8-13(12)17)18-16(23)24-15-20-19-14(21(2)3)22(15)4/h5-8,11H,9-10H2,1-4H3,(H,18,23). The molecule has 8 heteroatoms. The Morgan fingerprint density at radius 1 is 1.38 bits per heavy atom. The van der Waals surface area contributed by atoms with E-state index in [1.165, 1.54) is 0 Å². The molecule has 24 heavy (non-hydrogen) atoms. The van der Waals surface area contributed by atoms with E-state index in [4.69, 9.17) is 16.3 Å². The highest BCUT2D eigenvalue weighted by atomic mass is 35.5. The van der Waals surface area contributed by atoms with Crippen molar-refractivity contribution in [3.05, 3.63) is 34.9 Å². The van der Waals surface area contributed by atoms with Crippen LogP contribution in [0.5, 0.6) is 6.01 Å². The zero-order chi connectivity index (χ0) is 17.7. The van der Waals surface area contributed by atoms with Crippen LogP contribution in [0.1, 0.15) is 18.9 Å². The third kappa shape index (κ3) is 4.61. The quantitative estimate of drug-likeness (QED) is 0.866. The zero-order valence-corrected chi connectivity index (χ0v) is 15.0. The number of aryl methyl sites for hydroxylation is 1. The van der Waals surface area contributed by atoms with E-state index in [9.17, 15) is 4.79 Å². The van der Waals surface area contributed by atoms with Crippen LogP contribution >= 0.6 is 11.6 Å². The van der Waals surface area contributed by atoms with Crippen LogP contribution in [0.3, 0.4) is 0 Å². The second-order valence-corrected chi connectivity index (χ2v) is 6.21. The van der Waals surface area contributed by atoms with Crippen molar-refractivity contribution in [2.45, 2.75) is 25.8 Å². The Morgan fingerprint density at radius 3 is 2.71 bits per heavy atom. The van der Waals surface area contributed by atoms with E-state index in [1.54, 1.807) is 16.5 Å². The van der Waals surface area contributed by atoms with Gasteiger partial charge in [-0.15, -0.1) is 5.10 Å². The van der Waals surface area contributed by atoms with Crippen LogP contribution in [0.15, 0.2) is 24.3 Å². The summed E-state index contributed by atoms with van der Waals surface area (Å²) in [6.45, 7) is 1.92. The summed E-state index contributed by atoms with van der Waals surface area (Å²) in [5.41, 5.74) is 1.06. The highest BCUT2D eigenvalue weighted by molar-refractivity contribution is 6.31. The smallest absolute Gasteiger partial charge is 0.374 e. The lowest BCUT2D eigenvalue weighted by Crippen LogP contribution is -2.35. The van der Waals surface area contributed by atoms with Gasteiger partial charge < -0.3 is 15.0 Å². The maximum Gasteiger partial charge on any atom is 0.415 e. The molecule has 0 aliphatic rings. The first-order valence-electron chi connectivity index (χ1n) is 7.67. The van der Waals surface area contributed by atoms with Crippen LogP contribution in [0, 0.1) is 0 Å². The highest BCUT2D eigenvalue weighted by Crippen LogP contribution is 2.17. The molecule has 7 nitrogen and oxygen atoms in total. The van der Waals surface area contributed by atoms with Crippen molar-refractivity contribution in [1.82, 2.24) is 20.1 Å². The minimum atomic E-state index is -0.553. The Labute approximate surface area is 146 Å². The molecular weight excluding hydrogens is 330 g/mol. The van der Waals surface area contributed by atoms with E-state index in [0.717, 1.165) is 23.4 Å². The molecule has 0 spiro atoms. The van der Waals surface area contributed by atoms with Gasteiger partial charge in [0.2, 0.25) is 5.95 Å². The molecule has 1 amide bonds. The monoisotopic (exact) mass is 351 g/mol. The number of nitrogens with zero attached hydrogens (tertiary/aromatic N) is 4. The van der Waals surface area contributed by atoms with Gasteiger partial charge in [0.1, 0.15) is 0 Å². The minimum Gasteiger partial charge on any atom is -0.374 e. The fourth-order valence-electron chi connectivity index (χ4n) is 2.24. The Hall–Kier alpha value is -2.28. The van der Waals surface area contributed by atoms with Gasteiger partial charge in [-0.2, -0.15) is 0 Å². The number of amides is 1. The molecule has 1 atom stereocenters. The maximum atomic E-state index is 12.0. The van der Waals surface area contributed by atoms with Crippen molar-refractivity contribution in [3.63, 3.8) is 0 Å². The molecule has 1 aromatic carbocycles. The summed E-state index contributed by atoms with van der Waals surface area (Å²) in [4.78, 5) is 13.8. The number of hydrogen-bond acceptors (Lipinski definition) is 5. The van der Waals surface area contributed by atoms with Gasteiger partial charge in [-0.3, -0.25) is 4.57 Å². The van der Waals surface area contributed by atoms with Gasteiger partial charge in [0.25, 0.3) is 0 Å². The molecular formula is C16H22ClN5O2. The number of carbonyl (C=O) groups is 1.